The molecule has 20 heavy (non-hydrogen) atoms. The van der Waals surface area contributed by atoms with E-state index >= 15 is 0 Å². The van der Waals surface area contributed by atoms with Gasteiger partial charge in [0, 0.05) is 19.1 Å². The Hall–Kier alpha value is -0.610. The summed E-state index contributed by atoms with van der Waals surface area (Å²) in [6.07, 6.45) is 9.58. The van der Waals surface area contributed by atoms with Crippen LogP contribution >= 0.6 is 0 Å². The first-order valence-corrected chi connectivity index (χ1v) is 8.28. The van der Waals surface area contributed by atoms with Crippen molar-refractivity contribution in [3.63, 3.8) is 0 Å². The Morgan fingerprint density at radius 3 is 2.30 bits per heavy atom. The van der Waals surface area contributed by atoms with Crippen LogP contribution in [-0.4, -0.2) is 55.0 Å². The predicted octanol–water partition coefficient (Wildman–Crippen LogP) is 1.84. The van der Waals surface area contributed by atoms with Crippen LogP contribution in [0.2, 0.25) is 0 Å². The number of hydrogen-bond donors (Lipinski definition) is 1. The summed E-state index contributed by atoms with van der Waals surface area (Å²) < 4.78 is 0. The average Bonchev–Trinajstić information content (AvgIpc) is 2.47. The topological polar surface area (TPSA) is 49.6 Å². The quantitative estimate of drug-likeness (QED) is 0.855. The third kappa shape index (κ3) is 4.19. The molecule has 0 bridgehead atoms. The lowest BCUT2D eigenvalue weighted by Gasteiger charge is -2.36. The Labute approximate surface area is 123 Å². The van der Waals surface area contributed by atoms with Gasteiger partial charge in [-0.2, -0.15) is 0 Å². The lowest BCUT2D eigenvalue weighted by molar-refractivity contribution is -0.134. The molecule has 0 aromatic carbocycles. The first-order chi connectivity index (χ1) is 9.58. The smallest absolute Gasteiger partial charge is 0.239 e. The number of nitrogens with two attached hydrogens (primary N) is 1. The zero-order chi connectivity index (χ0) is 14.5. The van der Waals surface area contributed by atoms with Crippen molar-refractivity contribution in [1.29, 1.82) is 0 Å². The van der Waals surface area contributed by atoms with Gasteiger partial charge in [0.25, 0.3) is 0 Å². The summed E-state index contributed by atoms with van der Waals surface area (Å²) in [7, 11) is 4.24. The first-order valence-electron chi connectivity index (χ1n) is 8.28. The fourth-order valence-corrected chi connectivity index (χ4v) is 3.72. The molecule has 2 N–H and O–H groups in total. The van der Waals surface area contributed by atoms with Crippen molar-refractivity contribution in [1.82, 2.24) is 9.80 Å². The highest BCUT2D eigenvalue weighted by atomic mass is 16.2. The molecule has 0 spiro atoms. The molecule has 1 amide bonds. The Morgan fingerprint density at radius 2 is 1.75 bits per heavy atom. The number of carbonyl (C=O) groups excluding carboxylic acids is 1. The second kappa shape index (κ2) is 7.41. The molecular formula is C16H31N3O. The van der Waals surface area contributed by atoms with Crippen LogP contribution < -0.4 is 5.73 Å². The molecule has 1 aliphatic carbocycles. The lowest BCUT2D eigenvalue weighted by Crippen LogP contribution is -2.50. The van der Waals surface area contributed by atoms with Crippen LogP contribution in [0.3, 0.4) is 0 Å². The summed E-state index contributed by atoms with van der Waals surface area (Å²) in [6, 6.07) is 0.350. The number of likely N-dealkylation sites (tertiary alicyclic amines) is 1. The minimum absolute atomic E-state index is 0.188. The van der Waals surface area contributed by atoms with E-state index in [4.69, 9.17) is 5.73 Å². The Balaban J connectivity index is 1.76. The Morgan fingerprint density at radius 1 is 1.15 bits per heavy atom. The number of rotatable bonds is 4. The molecule has 4 heteroatoms. The fourth-order valence-electron chi connectivity index (χ4n) is 3.72. The van der Waals surface area contributed by atoms with Gasteiger partial charge in [0.2, 0.25) is 5.91 Å². The highest BCUT2D eigenvalue weighted by Crippen LogP contribution is 2.27. The third-order valence-electron chi connectivity index (χ3n) is 5.14. The maximum absolute atomic E-state index is 12.4. The molecular weight excluding hydrogens is 250 g/mol. The van der Waals surface area contributed by atoms with E-state index in [-0.39, 0.29) is 11.9 Å². The van der Waals surface area contributed by atoms with Gasteiger partial charge in [-0.1, -0.05) is 32.1 Å². The summed E-state index contributed by atoms with van der Waals surface area (Å²) in [5.74, 6) is 0.870. The zero-order valence-electron chi connectivity index (χ0n) is 13.2. The summed E-state index contributed by atoms with van der Waals surface area (Å²) in [5, 5.41) is 0. The molecule has 1 unspecified atom stereocenters. The number of carbonyl (C=O) groups is 1. The van der Waals surface area contributed by atoms with Crippen molar-refractivity contribution in [3.8, 4) is 0 Å². The summed E-state index contributed by atoms with van der Waals surface area (Å²) in [5.41, 5.74) is 6.17. The first kappa shape index (κ1) is 15.8. The van der Waals surface area contributed by atoms with Gasteiger partial charge < -0.3 is 15.5 Å². The second-order valence-electron chi connectivity index (χ2n) is 6.87. The minimum atomic E-state index is -0.269. The number of hydrogen-bond acceptors (Lipinski definition) is 3. The molecule has 4 nitrogen and oxygen atoms in total. The van der Waals surface area contributed by atoms with Crippen molar-refractivity contribution >= 4 is 5.91 Å². The van der Waals surface area contributed by atoms with Crippen LogP contribution in [0.15, 0.2) is 0 Å². The van der Waals surface area contributed by atoms with E-state index in [1.54, 1.807) is 0 Å². The van der Waals surface area contributed by atoms with Crippen molar-refractivity contribution in [2.24, 2.45) is 11.7 Å². The van der Waals surface area contributed by atoms with Gasteiger partial charge in [-0.3, -0.25) is 4.79 Å². The molecule has 2 rings (SSSR count). The van der Waals surface area contributed by atoms with Crippen LogP contribution in [0, 0.1) is 5.92 Å². The molecule has 1 aliphatic heterocycles. The van der Waals surface area contributed by atoms with Crippen LogP contribution in [0.4, 0.5) is 0 Å². The van der Waals surface area contributed by atoms with Gasteiger partial charge in [-0.05, 0) is 39.3 Å². The number of piperidine rings is 1. The van der Waals surface area contributed by atoms with Gasteiger partial charge >= 0.3 is 0 Å². The largest absolute Gasteiger partial charge is 0.341 e. The Kier molecular flexibility index (Phi) is 5.85. The molecule has 116 valence electrons. The molecule has 0 radical (unpaired) electrons. The highest BCUT2D eigenvalue weighted by molar-refractivity contribution is 5.81. The van der Waals surface area contributed by atoms with Crippen molar-refractivity contribution < 1.29 is 4.79 Å². The summed E-state index contributed by atoms with van der Waals surface area (Å²) >= 11 is 0. The molecule has 0 aromatic rings. The maximum Gasteiger partial charge on any atom is 0.239 e. The maximum atomic E-state index is 12.4. The minimum Gasteiger partial charge on any atom is -0.341 e. The van der Waals surface area contributed by atoms with Crippen LogP contribution in [0.5, 0.6) is 0 Å². The van der Waals surface area contributed by atoms with Crippen molar-refractivity contribution in [3.05, 3.63) is 0 Å². The second-order valence-corrected chi connectivity index (χ2v) is 6.87. The van der Waals surface area contributed by atoms with E-state index in [0.29, 0.717) is 12.0 Å². The van der Waals surface area contributed by atoms with Gasteiger partial charge in [0.15, 0.2) is 0 Å². The van der Waals surface area contributed by atoms with Gasteiger partial charge in [-0.15, -0.1) is 0 Å². The number of amides is 1. The highest BCUT2D eigenvalue weighted by Gasteiger charge is 2.28. The van der Waals surface area contributed by atoms with E-state index in [0.717, 1.165) is 32.4 Å². The van der Waals surface area contributed by atoms with Crippen LogP contribution in [0.25, 0.3) is 0 Å². The molecule has 0 aromatic heterocycles. The van der Waals surface area contributed by atoms with Crippen molar-refractivity contribution in [2.75, 3.05) is 27.2 Å². The SMILES string of the molecule is CN(C)C1CCN(C(=O)C(N)CC2CCCCC2)CC1. The monoisotopic (exact) mass is 281 g/mol. The standard InChI is InChI=1S/C16H31N3O/c1-18(2)14-8-10-19(11-9-14)16(20)15(17)12-13-6-4-3-5-7-13/h13-15H,3-12,17H2,1-2H3. The van der Waals surface area contributed by atoms with E-state index in [2.05, 4.69) is 19.0 Å². The third-order valence-corrected chi connectivity index (χ3v) is 5.14. The summed E-state index contributed by atoms with van der Waals surface area (Å²) in [6.45, 7) is 1.75. The molecule has 1 heterocycles. The number of nitrogens with zero attached hydrogens (tertiary/aromatic N) is 2. The van der Waals surface area contributed by atoms with E-state index in [1.165, 1.54) is 32.1 Å². The molecule has 2 fully saturated rings. The molecule has 2 aliphatic rings. The molecule has 1 saturated carbocycles. The van der Waals surface area contributed by atoms with Gasteiger partial charge in [0.1, 0.15) is 0 Å². The van der Waals surface area contributed by atoms with Crippen LogP contribution in [0.1, 0.15) is 51.4 Å². The Bertz CT molecular complexity index is 305. The summed E-state index contributed by atoms with van der Waals surface area (Å²) in [4.78, 5) is 16.7. The van der Waals surface area contributed by atoms with Gasteiger partial charge in [0.05, 0.1) is 6.04 Å². The van der Waals surface area contributed by atoms with E-state index < -0.39 is 0 Å². The van der Waals surface area contributed by atoms with Crippen LogP contribution in [-0.2, 0) is 4.79 Å². The zero-order valence-corrected chi connectivity index (χ0v) is 13.2. The predicted molar refractivity (Wildman–Crippen MR) is 82.5 cm³/mol. The fraction of sp³-hybridized carbons (Fsp3) is 0.938. The molecule has 1 atom stereocenters. The lowest BCUT2D eigenvalue weighted by atomic mass is 9.84. The average molecular weight is 281 g/mol. The normalized spacial score (nSPS) is 24.1. The van der Waals surface area contributed by atoms with E-state index in [9.17, 15) is 4.79 Å². The van der Waals surface area contributed by atoms with E-state index in [1.807, 2.05) is 4.90 Å². The van der Waals surface area contributed by atoms with Gasteiger partial charge in [-0.25, -0.2) is 0 Å². The van der Waals surface area contributed by atoms with Crippen molar-refractivity contribution in [2.45, 2.75) is 63.5 Å². The molecule has 1 saturated heterocycles.